The molecule has 0 atom stereocenters. The number of rotatable bonds is 3. The van der Waals surface area contributed by atoms with Gasteiger partial charge in [-0.3, -0.25) is 0 Å². The molecule has 0 amide bonds. The normalized spacial score (nSPS) is 10.1. The molecule has 0 aliphatic carbocycles. The lowest BCUT2D eigenvalue weighted by Crippen LogP contribution is -2.03. The highest BCUT2D eigenvalue weighted by Gasteiger charge is 1.99. The third kappa shape index (κ3) is 2.03. The minimum atomic E-state index is 0.533. The van der Waals surface area contributed by atoms with Gasteiger partial charge in [0.2, 0.25) is 0 Å². The summed E-state index contributed by atoms with van der Waals surface area (Å²) in [5, 5.41) is 14.7. The highest BCUT2D eigenvalue weighted by atomic mass is 15.6. The molecule has 6 nitrogen and oxygen atoms in total. The third-order valence-corrected chi connectivity index (χ3v) is 1.64. The van der Waals surface area contributed by atoms with E-state index in [-0.39, 0.29) is 0 Å². The van der Waals surface area contributed by atoms with Gasteiger partial charge in [0.25, 0.3) is 0 Å². The van der Waals surface area contributed by atoms with E-state index in [0.717, 1.165) is 5.82 Å². The van der Waals surface area contributed by atoms with E-state index >= 15 is 0 Å². The maximum absolute atomic E-state index is 4.11. The van der Waals surface area contributed by atoms with Gasteiger partial charge in [0.05, 0.1) is 13.6 Å². The Morgan fingerprint density at radius 2 is 2.36 bits per heavy atom. The van der Waals surface area contributed by atoms with Crippen LogP contribution < -0.4 is 5.32 Å². The summed E-state index contributed by atoms with van der Waals surface area (Å²) in [5.41, 5.74) is 0. The van der Waals surface area contributed by atoms with E-state index in [4.69, 9.17) is 0 Å². The summed E-state index contributed by atoms with van der Waals surface area (Å²) in [7, 11) is 1.73. The summed E-state index contributed by atoms with van der Waals surface area (Å²) < 4.78 is 0. The van der Waals surface area contributed by atoms with E-state index in [0.29, 0.717) is 12.4 Å². The zero-order chi connectivity index (χ0) is 9.80. The van der Waals surface area contributed by atoms with E-state index in [9.17, 15) is 0 Å². The van der Waals surface area contributed by atoms with Crippen LogP contribution in [0.5, 0.6) is 0 Å². The van der Waals surface area contributed by atoms with Gasteiger partial charge in [-0.15, -0.1) is 10.2 Å². The Labute approximate surface area is 81.0 Å². The van der Waals surface area contributed by atoms with E-state index in [1.54, 1.807) is 13.2 Å². The maximum Gasteiger partial charge on any atom is 0.193 e. The van der Waals surface area contributed by atoms with Crippen molar-refractivity contribution in [3.63, 3.8) is 0 Å². The quantitative estimate of drug-likeness (QED) is 0.749. The van der Waals surface area contributed by atoms with Gasteiger partial charge < -0.3 is 5.32 Å². The number of hydrogen-bond acceptors (Lipinski definition) is 5. The Morgan fingerprint density at radius 1 is 1.43 bits per heavy atom. The Bertz CT molecular complexity index is 395. The molecule has 2 rings (SSSR count). The monoisotopic (exact) mass is 190 g/mol. The van der Waals surface area contributed by atoms with Crippen LogP contribution >= 0.6 is 0 Å². The second kappa shape index (κ2) is 3.82. The number of tetrazole rings is 1. The number of anilines is 1. The van der Waals surface area contributed by atoms with Crippen molar-refractivity contribution < 1.29 is 0 Å². The molecule has 2 aromatic heterocycles. The van der Waals surface area contributed by atoms with Crippen molar-refractivity contribution in [3.8, 4) is 0 Å². The number of hydrogen-bond donors (Lipinski definition) is 1. The molecule has 0 aromatic carbocycles. The third-order valence-electron chi connectivity index (χ3n) is 1.64. The average Bonchev–Trinajstić information content (AvgIpc) is 2.63. The Hall–Kier alpha value is -1.98. The van der Waals surface area contributed by atoms with E-state index < -0.39 is 0 Å². The number of pyridine rings is 1. The molecule has 0 aliphatic rings. The number of nitrogens with one attached hydrogen (secondary N) is 1. The van der Waals surface area contributed by atoms with Gasteiger partial charge in [-0.25, -0.2) is 4.98 Å². The molecule has 0 unspecified atom stereocenters. The van der Waals surface area contributed by atoms with E-state index in [1.807, 2.05) is 18.2 Å². The van der Waals surface area contributed by atoms with Crippen LogP contribution in [0.2, 0.25) is 0 Å². The molecule has 0 saturated carbocycles. The maximum atomic E-state index is 4.11. The molecule has 72 valence electrons. The molecule has 0 aliphatic heterocycles. The van der Waals surface area contributed by atoms with Crippen LogP contribution in [0.1, 0.15) is 5.82 Å². The molecule has 14 heavy (non-hydrogen) atoms. The van der Waals surface area contributed by atoms with Gasteiger partial charge >= 0.3 is 0 Å². The molecule has 0 radical (unpaired) electrons. The summed E-state index contributed by atoms with van der Waals surface area (Å²) in [6, 6.07) is 5.67. The number of nitrogens with zero attached hydrogens (tertiary/aromatic N) is 5. The Kier molecular flexibility index (Phi) is 2.35. The van der Waals surface area contributed by atoms with Crippen LogP contribution in [0.4, 0.5) is 5.82 Å². The first-order valence-corrected chi connectivity index (χ1v) is 4.22. The van der Waals surface area contributed by atoms with Crippen molar-refractivity contribution in [2.45, 2.75) is 6.54 Å². The first-order valence-electron chi connectivity index (χ1n) is 4.22. The molecule has 0 spiro atoms. The zero-order valence-electron chi connectivity index (χ0n) is 7.75. The summed E-state index contributed by atoms with van der Waals surface area (Å²) in [5.74, 6) is 1.46. The Morgan fingerprint density at radius 3 is 3.00 bits per heavy atom. The van der Waals surface area contributed by atoms with Gasteiger partial charge in [-0.1, -0.05) is 6.07 Å². The molecule has 6 heteroatoms. The van der Waals surface area contributed by atoms with Crippen LogP contribution in [0.15, 0.2) is 24.4 Å². The minimum Gasteiger partial charge on any atom is -0.363 e. The van der Waals surface area contributed by atoms with Crippen molar-refractivity contribution in [2.75, 3.05) is 5.32 Å². The van der Waals surface area contributed by atoms with Crippen LogP contribution in [-0.4, -0.2) is 25.2 Å². The van der Waals surface area contributed by atoms with Crippen LogP contribution in [-0.2, 0) is 13.6 Å². The molecule has 2 heterocycles. The molecule has 2 aromatic rings. The lowest BCUT2D eigenvalue weighted by molar-refractivity contribution is 0.628. The summed E-state index contributed by atoms with van der Waals surface area (Å²) in [6.45, 7) is 0.533. The van der Waals surface area contributed by atoms with Crippen molar-refractivity contribution >= 4 is 5.82 Å². The number of aromatic nitrogens is 5. The predicted octanol–water partition coefficient (Wildman–Crippen LogP) is 0.217. The fourth-order valence-corrected chi connectivity index (χ4v) is 1.03. The van der Waals surface area contributed by atoms with Gasteiger partial charge in [0.1, 0.15) is 5.82 Å². The summed E-state index contributed by atoms with van der Waals surface area (Å²) >= 11 is 0. The van der Waals surface area contributed by atoms with Crippen molar-refractivity contribution in [2.24, 2.45) is 7.05 Å². The van der Waals surface area contributed by atoms with Crippen molar-refractivity contribution in [1.82, 2.24) is 25.2 Å². The predicted molar refractivity (Wildman–Crippen MR) is 50.4 cm³/mol. The summed E-state index contributed by atoms with van der Waals surface area (Å²) in [4.78, 5) is 5.53. The second-order valence-electron chi connectivity index (χ2n) is 2.76. The highest BCUT2D eigenvalue weighted by Crippen LogP contribution is 2.00. The zero-order valence-corrected chi connectivity index (χ0v) is 7.75. The van der Waals surface area contributed by atoms with Gasteiger partial charge in [-0.05, 0) is 17.3 Å². The van der Waals surface area contributed by atoms with Crippen molar-refractivity contribution in [3.05, 3.63) is 30.2 Å². The first-order chi connectivity index (χ1) is 6.84. The average molecular weight is 190 g/mol. The number of aryl methyl sites for hydroxylation is 1. The fraction of sp³-hybridized carbons (Fsp3) is 0.250. The summed E-state index contributed by atoms with van der Waals surface area (Å²) in [6.07, 6.45) is 1.73. The van der Waals surface area contributed by atoms with Gasteiger partial charge in [-0.2, -0.15) is 4.80 Å². The standard InChI is InChI=1S/C8H10N6/c1-14-12-8(11-13-14)6-10-7-4-2-3-5-9-7/h2-5H,6H2,1H3,(H,9,10). The van der Waals surface area contributed by atoms with E-state index in [2.05, 4.69) is 25.7 Å². The van der Waals surface area contributed by atoms with Crippen LogP contribution in [0, 0.1) is 0 Å². The first kappa shape index (κ1) is 8.61. The van der Waals surface area contributed by atoms with Crippen LogP contribution in [0.3, 0.4) is 0 Å². The molecule has 0 fully saturated rings. The molecular formula is C8H10N6. The smallest absolute Gasteiger partial charge is 0.193 e. The topological polar surface area (TPSA) is 68.5 Å². The minimum absolute atomic E-state index is 0.533. The highest BCUT2D eigenvalue weighted by molar-refractivity contribution is 5.32. The SMILES string of the molecule is Cn1nnc(CNc2ccccn2)n1. The largest absolute Gasteiger partial charge is 0.363 e. The van der Waals surface area contributed by atoms with E-state index in [1.165, 1.54) is 4.80 Å². The van der Waals surface area contributed by atoms with Crippen LogP contribution in [0.25, 0.3) is 0 Å². The molecule has 0 bridgehead atoms. The molecule has 1 N–H and O–H groups in total. The lowest BCUT2D eigenvalue weighted by atomic mass is 10.4. The van der Waals surface area contributed by atoms with Crippen molar-refractivity contribution in [1.29, 1.82) is 0 Å². The lowest BCUT2D eigenvalue weighted by Gasteiger charge is -2.00. The molecular weight excluding hydrogens is 180 g/mol. The Balaban J connectivity index is 1.95. The van der Waals surface area contributed by atoms with Gasteiger partial charge in [0.15, 0.2) is 5.82 Å². The van der Waals surface area contributed by atoms with Gasteiger partial charge in [0, 0.05) is 6.20 Å². The second-order valence-corrected chi connectivity index (χ2v) is 2.76. The molecule has 0 saturated heterocycles. The fourth-order valence-electron chi connectivity index (χ4n) is 1.03.